The van der Waals surface area contributed by atoms with E-state index in [0.29, 0.717) is 11.7 Å². The average molecular weight is 763 g/mol. The maximum atomic E-state index is 5.01. The van der Waals surface area contributed by atoms with Gasteiger partial charge < -0.3 is 4.57 Å². The molecule has 0 spiro atoms. The Labute approximate surface area is 346 Å². The first kappa shape index (κ1) is 36.3. The zero-order chi connectivity index (χ0) is 40.1. The topological polar surface area (TPSA) is 35.6 Å². The minimum absolute atomic E-state index is 0.210. The van der Waals surface area contributed by atoms with E-state index in [-0.39, 0.29) is 5.41 Å². The van der Waals surface area contributed by atoms with Crippen molar-refractivity contribution in [2.24, 2.45) is 11.3 Å². The molecule has 0 aliphatic heterocycles. The summed E-state index contributed by atoms with van der Waals surface area (Å²) in [6.45, 7) is 9.26. The molecule has 4 nitrogen and oxygen atoms in total. The van der Waals surface area contributed by atoms with Crippen molar-refractivity contribution in [3.05, 3.63) is 199 Å². The van der Waals surface area contributed by atoms with E-state index >= 15 is 0 Å². The number of aromatic nitrogens is 4. The van der Waals surface area contributed by atoms with Crippen LogP contribution in [-0.4, -0.2) is 19.3 Å². The van der Waals surface area contributed by atoms with Crippen molar-refractivity contribution in [3.63, 3.8) is 0 Å². The Bertz CT molecular complexity index is 2980. The van der Waals surface area contributed by atoms with Gasteiger partial charge in [-0.15, -0.1) is 5.10 Å². The Kier molecular flexibility index (Phi) is 9.06. The molecule has 4 heteroatoms. The monoisotopic (exact) mass is 762 g/mol. The third-order valence-electron chi connectivity index (χ3n) is 12.0. The van der Waals surface area contributed by atoms with Gasteiger partial charge in [0.25, 0.3) is 0 Å². The summed E-state index contributed by atoms with van der Waals surface area (Å²) in [7, 11) is 0. The largest absolute Gasteiger partial charge is 0.310 e. The fourth-order valence-electron chi connectivity index (χ4n) is 8.73. The molecular weight excluding hydrogens is 717 g/mol. The Morgan fingerprint density at radius 1 is 0.542 bits per heavy atom. The van der Waals surface area contributed by atoms with E-state index in [2.05, 4.69) is 184 Å². The highest BCUT2D eigenvalue weighted by atomic mass is 15.4. The van der Waals surface area contributed by atoms with Crippen molar-refractivity contribution in [3.8, 4) is 67.5 Å². The number of allylic oxidation sites excluding steroid dienone is 1. The number of benzene rings is 7. The molecule has 286 valence electrons. The van der Waals surface area contributed by atoms with Gasteiger partial charge in [-0.3, -0.25) is 0 Å². The van der Waals surface area contributed by atoms with Gasteiger partial charge in [-0.1, -0.05) is 172 Å². The van der Waals surface area contributed by atoms with Crippen LogP contribution in [0.1, 0.15) is 37.6 Å². The lowest BCUT2D eigenvalue weighted by atomic mass is 9.74. The standard InChI is InChI=1S/C55H46N4/c1-37-23-33-51-49(35-37)50-36-42(55(2,3)4)28-34-52(50)58(51)43-29-24-38(25-30-43)45-19-11-13-21-47(45)48-22-14-12-20-46(48)39-26-31-44(32-27-39)59-54(41-17-9-6-10-18-41)56-53(57-59)40-15-7-5-8-16-40/h5-35,42H,36H2,1-4H3. The Balaban J connectivity index is 0.999. The van der Waals surface area contributed by atoms with Crippen LogP contribution in [0, 0.1) is 18.3 Å². The third kappa shape index (κ3) is 6.71. The second kappa shape index (κ2) is 14.7. The van der Waals surface area contributed by atoms with Crippen LogP contribution in [0.5, 0.6) is 0 Å². The van der Waals surface area contributed by atoms with Gasteiger partial charge in [0.2, 0.25) is 0 Å². The van der Waals surface area contributed by atoms with E-state index in [1.807, 2.05) is 41.1 Å². The zero-order valence-corrected chi connectivity index (χ0v) is 34.0. The quantitative estimate of drug-likeness (QED) is 0.162. The van der Waals surface area contributed by atoms with Crippen molar-refractivity contribution in [1.82, 2.24) is 19.3 Å². The van der Waals surface area contributed by atoms with Crippen LogP contribution in [0.2, 0.25) is 0 Å². The summed E-state index contributed by atoms with van der Waals surface area (Å²) < 4.78 is 4.41. The van der Waals surface area contributed by atoms with Gasteiger partial charge in [-0.05, 0) is 106 Å². The van der Waals surface area contributed by atoms with E-state index in [0.717, 1.165) is 34.6 Å². The minimum Gasteiger partial charge on any atom is -0.310 e. The van der Waals surface area contributed by atoms with Crippen LogP contribution in [0.25, 0.3) is 84.5 Å². The molecule has 1 unspecified atom stereocenters. The average Bonchev–Trinajstić information content (AvgIpc) is 3.87. The molecule has 0 fully saturated rings. The van der Waals surface area contributed by atoms with Crippen LogP contribution >= 0.6 is 0 Å². The predicted octanol–water partition coefficient (Wildman–Crippen LogP) is 14.1. The van der Waals surface area contributed by atoms with Gasteiger partial charge >= 0.3 is 0 Å². The molecule has 0 amide bonds. The predicted molar refractivity (Wildman–Crippen MR) is 246 cm³/mol. The first-order valence-electron chi connectivity index (χ1n) is 20.6. The van der Waals surface area contributed by atoms with E-state index in [9.17, 15) is 0 Å². The van der Waals surface area contributed by atoms with Crippen LogP contribution in [0.15, 0.2) is 182 Å². The molecule has 59 heavy (non-hydrogen) atoms. The highest BCUT2D eigenvalue weighted by molar-refractivity contribution is 5.93. The van der Waals surface area contributed by atoms with Gasteiger partial charge in [0, 0.05) is 27.9 Å². The lowest BCUT2D eigenvalue weighted by molar-refractivity contribution is 0.291. The Morgan fingerprint density at radius 2 is 1.08 bits per heavy atom. The molecule has 2 aromatic heterocycles. The number of rotatable bonds is 7. The minimum atomic E-state index is 0.210. The zero-order valence-electron chi connectivity index (χ0n) is 34.0. The van der Waals surface area contributed by atoms with Gasteiger partial charge in [0.1, 0.15) is 0 Å². The summed E-state index contributed by atoms with van der Waals surface area (Å²) in [4.78, 5) is 5.01. The van der Waals surface area contributed by atoms with Crippen LogP contribution in [0.3, 0.4) is 0 Å². The van der Waals surface area contributed by atoms with Crippen molar-refractivity contribution in [1.29, 1.82) is 0 Å². The molecule has 0 radical (unpaired) electrons. The molecule has 7 aromatic carbocycles. The number of fused-ring (bicyclic) bond motifs is 3. The van der Waals surface area contributed by atoms with Crippen molar-refractivity contribution >= 4 is 17.0 Å². The summed E-state index contributed by atoms with van der Waals surface area (Å²) >= 11 is 0. The Morgan fingerprint density at radius 3 is 1.68 bits per heavy atom. The van der Waals surface area contributed by atoms with Gasteiger partial charge in [0.05, 0.1) is 11.2 Å². The first-order chi connectivity index (χ1) is 28.8. The van der Waals surface area contributed by atoms with Gasteiger partial charge in [-0.25, -0.2) is 9.67 Å². The molecule has 10 rings (SSSR count). The molecule has 1 atom stereocenters. The Hall–Kier alpha value is -7.04. The summed E-state index contributed by atoms with van der Waals surface area (Å²) in [6, 6.07) is 62.7. The highest BCUT2D eigenvalue weighted by Crippen LogP contribution is 2.42. The van der Waals surface area contributed by atoms with E-state index in [1.165, 1.54) is 61.2 Å². The number of hydrogen-bond acceptors (Lipinski definition) is 2. The molecule has 2 heterocycles. The van der Waals surface area contributed by atoms with Crippen LogP contribution in [-0.2, 0) is 6.42 Å². The summed E-state index contributed by atoms with van der Waals surface area (Å²) in [5, 5.41) is 6.38. The molecule has 0 saturated heterocycles. The van der Waals surface area contributed by atoms with Gasteiger partial charge in [0.15, 0.2) is 11.6 Å². The lowest BCUT2D eigenvalue weighted by Gasteiger charge is -2.30. The third-order valence-corrected chi connectivity index (χ3v) is 12.0. The SMILES string of the molecule is Cc1ccc2c(c1)c1c(n2-c2ccc(-c3ccccc3-c3ccccc3-c3ccc(-n4nc(-c5ccccc5)nc4-c4ccccc4)cc3)cc2)C=CC(C(C)(C)C)C1. The fourth-order valence-corrected chi connectivity index (χ4v) is 8.73. The fraction of sp³-hybridized carbons (Fsp3) is 0.127. The second-order valence-electron chi connectivity index (χ2n) is 16.8. The maximum Gasteiger partial charge on any atom is 0.182 e. The van der Waals surface area contributed by atoms with Crippen molar-refractivity contribution < 1.29 is 0 Å². The highest BCUT2D eigenvalue weighted by Gasteiger charge is 2.29. The van der Waals surface area contributed by atoms with Crippen LogP contribution in [0.4, 0.5) is 0 Å². The molecule has 0 bridgehead atoms. The molecule has 1 aliphatic carbocycles. The molecular formula is C55H46N4. The van der Waals surface area contributed by atoms with E-state index in [1.54, 1.807) is 0 Å². The smallest absolute Gasteiger partial charge is 0.182 e. The summed E-state index contributed by atoms with van der Waals surface area (Å²) in [6.07, 6.45) is 5.85. The maximum absolute atomic E-state index is 5.01. The molecule has 9 aromatic rings. The lowest BCUT2D eigenvalue weighted by Crippen LogP contribution is -2.22. The van der Waals surface area contributed by atoms with E-state index in [4.69, 9.17) is 10.1 Å². The number of aryl methyl sites for hydroxylation is 1. The second-order valence-corrected chi connectivity index (χ2v) is 16.8. The molecule has 1 aliphatic rings. The first-order valence-corrected chi connectivity index (χ1v) is 20.6. The summed E-state index contributed by atoms with van der Waals surface area (Å²) in [5.41, 5.74) is 16.8. The van der Waals surface area contributed by atoms with Crippen molar-refractivity contribution in [2.45, 2.75) is 34.1 Å². The van der Waals surface area contributed by atoms with Crippen LogP contribution < -0.4 is 0 Å². The normalized spacial score (nSPS) is 13.8. The van der Waals surface area contributed by atoms with Gasteiger partial charge in [-0.2, -0.15) is 0 Å². The number of nitrogens with zero attached hydrogens (tertiary/aromatic N) is 4. The molecule has 0 saturated carbocycles. The number of hydrogen-bond donors (Lipinski definition) is 0. The summed E-state index contributed by atoms with van der Waals surface area (Å²) in [5.74, 6) is 2.01. The molecule has 0 N–H and O–H groups in total. The van der Waals surface area contributed by atoms with Crippen molar-refractivity contribution in [2.75, 3.05) is 0 Å². The van der Waals surface area contributed by atoms with E-state index < -0.39 is 0 Å².